The van der Waals surface area contributed by atoms with Gasteiger partial charge < -0.3 is 5.73 Å². The van der Waals surface area contributed by atoms with Gasteiger partial charge in [0.05, 0.1) is 0 Å². The molecule has 1 saturated carbocycles. The monoisotopic (exact) mass is 241 g/mol. The van der Waals surface area contributed by atoms with Crippen LogP contribution in [0.4, 0.5) is 4.39 Å². The minimum Gasteiger partial charge on any atom is -0.327 e. The van der Waals surface area contributed by atoms with E-state index in [0.29, 0.717) is 28.3 Å². The summed E-state index contributed by atoms with van der Waals surface area (Å²) >= 11 is 5.70. The van der Waals surface area contributed by atoms with Crippen LogP contribution in [0.25, 0.3) is 0 Å². The van der Waals surface area contributed by atoms with Gasteiger partial charge in [-0.05, 0) is 41.9 Å². The summed E-state index contributed by atoms with van der Waals surface area (Å²) < 4.78 is 13.5. The second-order valence-corrected chi connectivity index (χ2v) is 5.84. The molecule has 1 nitrogen and oxygen atoms in total. The fourth-order valence-electron chi connectivity index (χ4n) is 2.32. The van der Waals surface area contributed by atoms with Gasteiger partial charge in [-0.1, -0.05) is 31.5 Å². The number of hydrogen-bond donors (Lipinski definition) is 1. The van der Waals surface area contributed by atoms with Crippen molar-refractivity contribution in [1.82, 2.24) is 0 Å². The van der Waals surface area contributed by atoms with Gasteiger partial charge in [0.1, 0.15) is 5.82 Å². The van der Waals surface area contributed by atoms with E-state index in [2.05, 4.69) is 13.8 Å². The van der Waals surface area contributed by atoms with E-state index < -0.39 is 0 Å². The van der Waals surface area contributed by atoms with Crippen molar-refractivity contribution in [1.29, 1.82) is 0 Å². The molecule has 1 aliphatic carbocycles. The van der Waals surface area contributed by atoms with Crippen LogP contribution < -0.4 is 5.73 Å². The quantitative estimate of drug-likeness (QED) is 0.863. The second-order valence-electron chi connectivity index (χ2n) is 5.40. The highest BCUT2D eigenvalue weighted by atomic mass is 35.5. The first-order chi connectivity index (χ1) is 7.40. The first-order valence-corrected chi connectivity index (χ1v) is 5.97. The second kappa shape index (κ2) is 4.01. The Kier molecular flexibility index (Phi) is 2.97. The predicted octanol–water partition coefficient (Wildman–Crippen LogP) is 3.40. The Morgan fingerprint density at radius 1 is 1.56 bits per heavy atom. The van der Waals surface area contributed by atoms with Crippen LogP contribution in [0.1, 0.15) is 25.8 Å². The van der Waals surface area contributed by atoms with Crippen LogP contribution in [0.2, 0.25) is 5.02 Å². The molecule has 3 heteroatoms. The molecule has 1 aliphatic rings. The molecule has 2 rings (SSSR count). The number of nitrogens with two attached hydrogens (primary N) is 1. The van der Waals surface area contributed by atoms with E-state index in [9.17, 15) is 4.39 Å². The van der Waals surface area contributed by atoms with E-state index in [1.165, 1.54) is 6.07 Å². The number of rotatable bonds is 3. The maximum atomic E-state index is 13.5. The van der Waals surface area contributed by atoms with Crippen molar-refractivity contribution in [2.45, 2.75) is 32.7 Å². The van der Waals surface area contributed by atoms with Crippen molar-refractivity contribution in [3.05, 3.63) is 34.6 Å². The van der Waals surface area contributed by atoms with Gasteiger partial charge in [0.25, 0.3) is 0 Å². The summed E-state index contributed by atoms with van der Waals surface area (Å²) in [7, 11) is 0. The maximum Gasteiger partial charge on any atom is 0.127 e. The molecule has 0 aliphatic heterocycles. The zero-order valence-corrected chi connectivity index (χ0v) is 10.4. The molecule has 88 valence electrons. The van der Waals surface area contributed by atoms with Gasteiger partial charge in [-0.25, -0.2) is 4.39 Å². The van der Waals surface area contributed by atoms with Gasteiger partial charge in [-0.2, -0.15) is 0 Å². The van der Waals surface area contributed by atoms with Gasteiger partial charge in [0.15, 0.2) is 0 Å². The third-order valence-corrected chi connectivity index (χ3v) is 3.81. The van der Waals surface area contributed by atoms with Crippen LogP contribution in [0.3, 0.4) is 0 Å². The molecule has 0 heterocycles. The average molecular weight is 242 g/mol. The zero-order chi connectivity index (χ0) is 11.9. The van der Waals surface area contributed by atoms with Gasteiger partial charge in [-0.15, -0.1) is 0 Å². The SMILES string of the molecule is CC1(C)CC1C(N)Cc1ccc(Cl)cc1F. The van der Waals surface area contributed by atoms with Gasteiger partial charge in [0, 0.05) is 11.1 Å². The van der Waals surface area contributed by atoms with Crippen LogP contribution in [0.15, 0.2) is 18.2 Å². The Labute approximate surface area is 101 Å². The average Bonchev–Trinajstić information content (AvgIpc) is 2.80. The van der Waals surface area contributed by atoms with Gasteiger partial charge >= 0.3 is 0 Å². The summed E-state index contributed by atoms with van der Waals surface area (Å²) in [6.45, 7) is 4.41. The third kappa shape index (κ3) is 2.38. The van der Waals surface area contributed by atoms with Crippen LogP contribution in [0, 0.1) is 17.2 Å². The molecule has 2 unspecified atom stereocenters. The highest BCUT2D eigenvalue weighted by molar-refractivity contribution is 6.30. The van der Waals surface area contributed by atoms with E-state index in [0.717, 1.165) is 6.42 Å². The van der Waals surface area contributed by atoms with Gasteiger partial charge in [-0.3, -0.25) is 0 Å². The molecule has 1 fully saturated rings. The van der Waals surface area contributed by atoms with Crippen LogP contribution in [-0.4, -0.2) is 6.04 Å². The van der Waals surface area contributed by atoms with Crippen molar-refractivity contribution in [3.8, 4) is 0 Å². The van der Waals surface area contributed by atoms with Crippen molar-refractivity contribution in [2.75, 3.05) is 0 Å². The number of halogens is 2. The molecule has 1 aromatic rings. The normalized spacial score (nSPS) is 24.2. The van der Waals surface area contributed by atoms with E-state index in [1.807, 2.05) is 0 Å². The summed E-state index contributed by atoms with van der Waals surface area (Å²) in [5.41, 5.74) is 7.10. The summed E-state index contributed by atoms with van der Waals surface area (Å²) in [6, 6.07) is 4.84. The maximum absolute atomic E-state index is 13.5. The van der Waals surface area contributed by atoms with E-state index >= 15 is 0 Å². The third-order valence-electron chi connectivity index (χ3n) is 3.58. The molecule has 2 N–H and O–H groups in total. The molecule has 0 amide bonds. The molecule has 1 aromatic carbocycles. The molecule has 0 aromatic heterocycles. The summed E-state index contributed by atoms with van der Waals surface area (Å²) in [4.78, 5) is 0. The summed E-state index contributed by atoms with van der Waals surface area (Å²) in [5, 5.41) is 0.432. The Morgan fingerprint density at radius 3 is 2.69 bits per heavy atom. The fraction of sp³-hybridized carbons (Fsp3) is 0.538. The molecule has 0 bridgehead atoms. The Morgan fingerprint density at radius 2 is 2.19 bits per heavy atom. The highest BCUT2D eigenvalue weighted by Gasteiger charge is 2.48. The van der Waals surface area contributed by atoms with E-state index in [-0.39, 0.29) is 11.9 Å². The molecular weight excluding hydrogens is 225 g/mol. The predicted molar refractivity (Wildman–Crippen MR) is 65.0 cm³/mol. The van der Waals surface area contributed by atoms with Crippen molar-refractivity contribution in [3.63, 3.8) is 0 Å². The molecule has 0 radical (unpaired) electrons. The van der Waals surface area contributed by atoms with E-state index in [4.69, 9.17) is 17.3 Å². The number of hydrogen-bond acceptors (Lipinski definition) is 1. The lowest BCUT2D eigenvalue weighted by Gasteiger charge is -2.14. The summed E-state index contributed by atoms with van der Waals surface area (Å²) in [6.07, 6.45) is 1.74. The molecule has 0 saturated heterocycles. The molecule has 0 spiro atoms. The van der Waals surface area contributed by atoms with E-state index in [1.54, 1.807) is 12.1 Å². The lowest BCUT2D eigenvalue weighted by molar-refractivity contribution is 0.469. The van der Waals surface area contributed by atoms with Crippen molar-refractivity contribution >= 4 is 11.6 Å². The first kappa shape index (κ1) is 11.9. The first-order valence-electron chi connectivity index (χ1n) is 5.59. The van der Waals surface area contributed by atoms with Crippen molar-refractivity contribution in [2.24, 2.45) is 17.1 Å². The lowest BCUT2D eigenvalue weighted by Crippen LogP contribution is -2.27. The minimum atomic E-state index is -0.249. The zero-order valence-electron chi connectivity index (χ0n) is 9.63. The highest BCUT2D eigenvalue weighted by Crippen LogP contribution is 2.53. The Balaban J connectivity index is 2.04. The summed E-state index contributed by atoms with van der Waals surface area (Å²) in [5.74, 6) is 0.268. The van der Waals surface area contributed by atoms with Crippen molar-refractivity contribution < 1.29 is 4.39 Å². The molecule has 16 heavy (non-hydrogen) atoms. The molecular formula is C13H17ClFN. The van der Waals surface area contributed by atoms with Crippen LogP contribution in [-0.2, 0) is 6.42 Å². The standard InChI is InChI=1S/C13H17ClFN/c1-13(2)7-10(13)12(16)5-8-3-4-9(14)6-11(8)15/h3-4,6,10,12H,5,7,16H2,1-2H3. The largest absolute Gasteiger partial charge is 0.327 e. The van der Waals surface area contributed by atoms with Gasteiger partial charge in [0.2, 0.25) is 0 Å². The Bertz CT molecular complexity index is 403. The van der Waals surface area contributed by atoms with Crippen LogP contribution >= 0.6 is 11.6 Å². The minimum absolute atomic E-state index is 0.0469. The number of benzene rings is 1. The smallest absolute Gasteiger partial charge is 0.127 e. The van der Waals surface area contributed by atoms with Crippen LogP contribution in [0.5, 0.6) is 0 Å². The topological polar surface area (TPSA) is 26.0 Å². The molecule has 2 atom stereocenters. The lowest BCUT2D eigenvalue weighted by atomic mass is 9.98. The Hall–Kier alpha value is -0.600. The fourth-order valence-corrected chi connectivity index (χ4v) is 2.48.